The summed E-state index contributed by atoms with van der Waals surface area (Å²) in [4.78, 5) is 0. The molecule has 1 aliphatic heterocycles. The summed E-state index contributed by atoms with van der Waals surface area (Å²) in [5.74, 6) is 0.572. The maximum absolute atomic E-state index is 5.58. The Morgan fingerprint density at radius 1 is 1.35 bits per heavy atom. The molecule has 1 fully saturated rings. The number of rotatable bonds is 5. The highest BCUT2D eigenvalue weighted by Crippen LogP contribution is 2.14. The quantitative estimate of drug-likeness (QED) is 0.874. The van der Waals surface area contributed by atoms with Crippen molar-refractivity contribution in [1.82, 2.24) is 5.32 Å². The zero-order valence-electron chi connectivity index (χ0n) is 10.4. The van der Waals surface area contributed by atoms with Gasteiger partial charge < -0.3 is 10.1 Å². The van der Waals surface area contributed by atoms with Gasteiger partial charge in [0.15, 0.2) is 0 Å². The normalized spacial score (nSPS) is 20.9. The van der Waals surface area contributed by atoms with Crippen LogP contribution in [0.25, 0.3) is 0 Å². The molecule has 2 nitrogen and oxygen atoms in total. The van der Waals surface area contributed by atoms with Crippen molar-refractivity contribution in [3.8, 4) is 0 Å². The molecule has 1 aromatic rings. The Hall–Kier alpha value is -0.570. The molecule has 1 aromatic carbocycles. The summed E-state index contributed by atoms with van der Waals surface area (Å²) < 4.78 is 5.58. The van der Waals surface area contributed by atoms with E-state index in [0.29, 0.717) is 12.0 Å². The van der Waals surface area contributed by atoms with Crippen molar-refractivity contribution in [3.63, 3.8) is 0 Å². The molecule has 2 atom stereocenters. The lowest BCUT2D eigenvalue weighted by Crippen LogP contribution is -2.29. The van der Waals surface area contributed by atoms with Crippen LogP contribution in [0.2, 0.25) is 0 Å². The van der Waals surface area contributed by atoms with Crippen molar-refractivity contribution in [2.75, 3.05) is 19.7 Å². The van der Waals surface area contributed by atoms with E-state index >= 15 is 0 Å². The van der Waals surface area contributed by atoms with Crippen molar-refractivity contribution in [1.29, 1.82) is 0 Å². The van der Waals surface area contributed by atoms with Gasteiger partial charge >= 0.3 is 0 Å². The van der Waals surface area contributed by atoms with E-state index in [2.05, 4.69) is 42.6 Å². The zero-order chi connectivity index (χ0) is 11.2. The molecule has 1 N–H and O–H groups in total. The van der Waals surface area contributed by atoms with Gasteiger partial charge in [0.25, 0.3) is 0 Å². The monoisotopic (exact) mass is 255 g/mol. The van der Waals surface area contributed by atoms with Gasteiger partial charge in [-0.05, 0) is 24.3 Å². The molecule has 0 aromatic heterocycles. The van der Waals surface area contributed by atoms with Crippen LogP contribution in [0, 0.1) is 0 Å². The van der Waals surface area contributed by atoms with Crippen LogP contribution in [0.5, 0.6) is 0 Å². The van der Waals surface area contributed by atoms with Crippen LogP contribution in [-0.4, -0.2) is 25.8 Å². The summed E-state index contributed by atoms with van der Waals surface area (Å²) in [5, 5.41) is 3.50. The third-order valence-corrected chi connectivity index (χ3v) is 3.22. The molecular formula is C14H22ClNO. The van der Waals surface area contributed by atoms with Crippen LogP contribution >= 0.6 is 12.4 Å². The van der Waals surface area contributed by atoms with Crippen LogP contribution < -0.4 is 5.32 Å². The first-order valence-corrected chi connectivity index (χ1v) is 6.23. The molecular weight excluding hydrogens is 234 g/mol. The maximum Gasteiger partial charge on any atom is 0.0700 e. The zero-order valence-corrected chi connectivity index (χ0v) is 11.2. The van der Waals surface area contributed by atoms with Crippen molar-refractivity contribution in [2.45, 2.75) is 31.8 Å². The molecule has 2 unspecified atom stereocenters. The molecule has 17 heavy (non-hydrogen) atoms. The fraction of sp³-hybridized carbons (Fsp3) is 0.571. The number of ether oxygens (including phenoxy) is 1. The van der Waals surface area contributed by atoms with Gasteiger partial charge in [-0.25, -0.2) is 0 Å². The molecule has 0 amide bonds. The topological polar surface area (TPSA) is 21.3 Å². The summed E-state index contributed by atoms with van der Waals surface area (Å²) in [6.45, 7) is 5.24. The number of hydrogen-bond donors (Lipinski definition) is 1. The molecule has 0 saturated carbocycles. The minimum atomic E-state index is 0. The standard InChI is InChI=1S/C14H21NO.ClH/c1-12(13-6-3-2-4-7-13)10-15-11-14-8-5-9-16-14;/h2-4,6-7,12,14-15H,5,8-11H2,1H3;1H. The highest BCUT2D eigenvalue weighted by molar-refractivity contribution is 5.85. The van der Waals surface area contributed by atoms with Crippen LogP contribution in [-0.2, 0) is 4.74 Å². The SMILES string of the molecule is CC(CNCC1CCCO1)c1ccccc1.Cl. The van der Waals surface area contributed by atoms with E-state index in [1.165, 1.54) is 18.4 Å². The van der Waals surface area contributed by atoms with E-state index in [0.717, 1.165) is 19.7 Å². The lowest BCUT2D eigenvalue weighted by molar-refractivity contribution is 0.110. The smallest absolute Gasteiger partial charge is 0.0700 e. The molecule has 0 aliphatic carbocycles. The number of benzene rings is 1. The first-order valence-electron chi connectivity index (χ1n) is 6.23. The fourth-order valence-corrected chi connectivity index (χ4v) is 2.17. The maximum atomic E-state index is 5.58. The van der Waals surface area contributed by atoms with Gasteiger partial charge in [-0.3, -0.25) is 0 Å². The Morgan fingerprint density at radius 3 is 2.76 bits per heavy atom. The number of nitrogens with one attached hydrogen (secondary N) is 1. The lowest BCUT2D eigenvalue weighted by atomic mass is 10.0. The van der Waals surface area contributed by atoms with E-state index in [1.807, 2.05) is 0 Å². The average Bonchev–Trinajstić information content (AvgIpc) is 2.83. The van der Waals surface area contributed by atoms with Crippen molar-refractivity contribution in [2.24, 2.45) is 0 Å². The molecule has 96 valence electrons. The van der Waals surface area contributed by atoms with Gasteiger partial charge in [-0.1, -0.05) is 37.3 Å². The van der Waals surface area contributed by atoms with Crippen LogP contribution in [0.15, 0.2) is 30.3 Å². The van der Waals surface area contributed by atoms with Gasteiger partial charge in [0.2, 0.25) is 0 Å². The molecule has 1 aliphatic rings. The average molecular weight is 256 g/mol. The summed E-state index contributed by atoms with van der Waals surface area (Å²) >= 11 is 0. The highest BCUT2D eigenvalue weighted by Gasteiger charge is 2.15. The molecule has 0 radical (unpaired) electrons. The first-order chi connectivity index (χ1) is 7.86. The summed E-state index contributed by atoms with van der Waals surface area (Å²) in [5.41, 5.74) is 1.40. The molecule has 2 rings (SSSR count). The number of hydrogen-bond acceptors (Lipinski definition) is 2. The van der Waals surface area contributed by atoms with Crippen LogP contribution in [0.4, 0.5) is 0 Å². The van der Waals surface area contributed by atoms with E-state index < -0.39 is 0 Å². The predicted molar refractivity (Wildman–Crippen MR) is 73.9 cm³/mol. The van der Waals surface area contributed by atoms with Crippen molar-refractivity contribution >= 4 is 12.4 Å². The van der Waals surface area contributed by atoms with E-state index in [-0.39, 0.29) is 12.4 Å². The Bertz CT molecular complexity index is 298. The predicted octanol–water partition coefficient (Wildman–Crippen LogP) is 2.98. The molecule has 0 spiro atoms. The van der Waals surface area contributed by atoms with E-state index in [4.69, 9.17) is 4.74 Å². The second-order valence-electron chi connectivity index (χ2n) is 4.61. The van der Waals surface area contributed by atoms with Crippen molar-refractivity contribution < 1.29 is 4.74 Å². The van der Waals surface area contributed by atoms with E-state index in [1.54, 1.807) is 0 Å². The third kappa shape index (κ3) is 4.66. The van der Waals surface area contributed by atoms with Gasteiger partial charge in [0, 0.05) is 19.7 Å². The van der Waals surface area contributed by atoms with Crippen LogP contribution in [0.1, 0.15) is 31.2 Å². The Balaban J connectivity index is 0.00000144. The third-order valence-electron chi connectivity index (χ3n) is 3.22. The van der Waals surface area contributed by atoms with Crippen LogP contribution in [0.3, 0.4) is 0 Å². The molecule has 1 saturated heterocycles. The summed E-state index contributed by atoms with van der Waals surface area (Å²) in [7, 11) is 0. The highest BCUT2D eigenvalue weighted by atomic mass is 35.5. The minimum Gasteiger partial charge on any atom is -0.377 e. The fourth-order valence-electron chi connectivity index (χ4n) is 2.17. The summed E-state index contributed by atoms with van der Waals surface area (Å²) in [6.07, 6.45) is 2.88. The van der Waals surface area contributed by atoms with E-state index in [9.17, 15) is 0 Å². The Labute approximate surface area is 110 Å². The Morgan fingerprint density at radius 2 is 2.12 bits per heavy atom. The van der Waals surface area contributed by atoms with Gasteiger partial charge in [-0.2, -0.15) is 0 Å². The number of halogens is 1. The second kappa shape index (κ2) is 7.70. The molecule has 0 bridgehead atoms. The Kier molecular flexibility index (Phi) is 6.56. The lowest BCUT2D eigenvalue weighted by Gasteiger charge is -2.15. The first kappa shape index (κ1) is 14.5. The van der Waals surface area contributed by atoms with Gasteiger partial charge in [-0.15, -0.1) is 12.4 Å². The second-order valence-corrected chi connectivity index (χ2v) is 4.61. The molecule has 1 heterocycles. The van der Waals surface area contributed by atoms with Crippen molar-refractivity contribution in [3.05, 3.63) is 35.9 Å². The van der Waals surface area contributed by atoms with Gasteiger partial charge in [0.1, 0.15) is 0 Å². The largest absolute Gasteiger partial charge is 0.377 e. The minimum absolute atomic E-state index is 0. The van der Waals surface area contributed by atoms with Gasteiger partial charge in [0.05, 0.1) is 6.10 Å². The summed E-state index contributed by atoms with van der Waals surface area (Å²) in [6, 6.07) is 10.7. The molecule has 3 heteroatoms.